The first kappa shape index (κ1) is 19.4. The molecule has 1 heterocycles. The van der Waals surface area contributed by atoms with Crippen LogP contribution in [0, 0.1) is 6.92 Å². The first-order chi connectivity index (χ1) is 13.4. The molecule has 0 fully saturated rings. The van der Waals surface area contributed by atoms with Crippen LogP contribution in [0.1, 0.15) is 21.6 Å². The second-order valence-corrected chi connectivity index (χ2v) is 6.64. The molecular weight excluding hydrogens is 380 g/mol. The number of rotatable bonds is 6. The molecule has 144 valence electrons. The predicted octanol–water partition coefficient (Wildman–Crippen LogP) is 2.39. The number of hydrogen-bond acceptors (Lipinski definition) is 5. The smallest absolute Gasteiger partial charge is 0.275 e. The van der Waals surface area contributed by atoms with Gasteiger partial charge in [-0.15, -0.1) is 5.10 Å². The van der Waals surface area contributed by atoms with Gasteiger partial charge < -0.3 is 16.4 Å². The summed E-state index contributed by atoms with van der Waals surface area (Å²) in [4.78, 5) is 24.5. The standard InChI is InChI=1S/C19H19ClN6O2/c1-12-3-2-4-15(9-12)23-16(27)11-26-18(21)17(24-25-26)19(28)22-10-13-5-7-14(20)8-6-13/h2-9H,10-11,21H2,1H3,(H,22,28)(H,23,27). The van der Waals surface area contributed by atoms with E-state index in [0.717, 1.165) is 11.1 Å². The molecule has 0 spiro atoms. The van der Waals surface area contributed by atoms with Crippen molar-refractivity contribution in [2.45, 2.75) is 20.0 Å². The van der Waals surface area contributed by atoms with Gasteiger partial charge in [-0.2, -0.15) is 0 Å². The van der Waals surface area contributed by atoms with Gasteiger partial charge in [-0.25, -0.2) is 4.68 Å². The highest BCUT2D eigenvalue weighted by molar-refractivity contribution is 6.30. The summed E-state index contributed by atoms with van der Waals surface area (Å²) in [6.45, 7) is 2.06. The molecule has 3 aromatic rings. The van der Waals surface area contributed by atoms with Crippen LogP contribution in [0.3, 0.4) is 0 Å². The summed E-state index contributed by atoms with van der Waals surface area (Å²) < 4.78 is 1.18. The molecule has 2 amide bonds. The van der Waals surface area contributed by atoms with Crippen LogP contribution in [0.5, 0.6) is 0 Å². The second-order valence-electron chi connectivity index (χ2n) is 6.21. The minimum atomic E-state index is -0.474. The summed E-state index contributed by atoms with van der Waals surface area (Å²) >= 11 is 5.84. The van der Waals surface area contributed by atoms with Crippen molar-refractivity contribution in [3.8, 4) is 0 Å². The van der Waals surface area contributed by atoms with E-state index >= 15 is 0 Å². The highest BCUT2D eigenvalue weighted by Gasteiger charge is 2.18. The molecule has 0 saturated heterocycles. The molecule has 0 bridgehead atoms. The maximum Gasteiger partial charge on any atom is 0.275 e. The topological polar surface area (TPSA) is 115 Å². The quantitative estimate of drug-likeness (QED) is 0.589. The van der Waals surface area contributed by atoms with Gasteiger partial charge in [-0.3, -0.25) is 9.59 Å². The first-order valence-corrected chi connectivity index (χ1v) is 8.88. The van der Waals surface area contributed by atoms with Crippen molar-refractivity contribution in [2.75, 3.05) is 11.1 Å². The predicted molar refractivity (Wildman–Crippen MR) is 107 cm³/mol. The number of aromatic nitrogens is 3. The lowest BCUT2D eigenvalue weighted by atomic mass is 10.2. The van der Waals surface area contributed by atoms with E-state index in [-0.39, 0.29) is 30.5 Å². The van der Waals surface area contributed by atoms with Crippen molar-refractivity contribution < 1.29 is 9.59 Å². The number of nitrogens with two attached hydrogens (primary N) is 1. The van der Waals surface area contributed by atoms with Gasteiger partial charge >= 0.3 is 0 Å². The normalized spacial score (nSPS) is 10.5. The fourth-order valence-electron chi connectivity index (χ4n) is 2.53. The average molecular weight is 399 g/mol. The number of carbonyl (C=O) groups is 2. The van der Waals surface area contributed by atoms with Crippen molar-refractivity contribution in [1.29, 1.82) is 0 Å². The fraction of sp³-hybridized carbons (Fsp3) is 0.158. The van der Waals surface area contributed by atoms with Crippen LogP contribution in [0.15, 0.2) is 48.5 Å². The number of halogens is 1. The molecule has 0 aliphatic carbocycles. The van der Waals surface area contributed by atoms with Crippen molar-refractivity contribution in [3.05, 3.63) is 70.4 Å². The summed E-state index contributed by atoms with van der Waals surface area (Å²) in [5.41, 5.74) is 8.48. The number of aryl methyl sites for hydroxylation is 1. The Morgan fingerprint density at radius 1 is 1.18 bits per heavy atom. The molecule has 3 rings (SSSR count). The van der Waals surface area contributed by atoms with Gasteiger partial charge in [0.15, 0.2) is 11.5 Å². The summed E-state index contributed by atoms with van der Waals surface area (Å²) in [7, 11) is 0. The second kappa shape index (κ2) is 8.53. The summed E-state index contributed by atoms with van der Waals surface area (Å²) in [5, 5.41) is 13.7. The van der Waals surface area contributed by atoms with Crippen LogP contribution in [-0.4, -0.2) is 26.8 Å². The Balaban J connectivity index is 1.60. The number of nitrogens with zero attached hydrogens (tertiary/aromatic N) is 3. The van der Waals surface area contributed by atoms with Gasteiger partial charge in [0.05, 0.1) is 0 Å². The van der Waals surface area contributed by atoms with Gasteiger partial charge in [-0.1, -0.05) is 41.1 Å². The number of nitrogen functional groups attached to an aromatic ring is 1. The zero-order chi connectivity index (χ0) is 20.1. The average Bonchev–Trinajstić information content (AvgIpc) is 3.01. The van der Waals surface area contributed by atoms with E-state index in [4.69, 9.17) is 17.3 Å². The Labute approximate surface area is 166 Å². The Morgan fingerprint density at radius 3 is 2.64 bits per heavy atom. The van der Waals surface area contributed by atoms with Crippen LogP contribution in [-0.2, 0) is 17.9 Å². The van der Waals surface area contributed by atoms with Crippen LogP contribution in [0.25, 0.3) is 0 Å². The molecule has 4 N–H and O–H groups in total. The lowest BCUT2D eigenvalue weighted by Crippen LogP contribution is -2.25. The summed E-state index contributed by atoms with van der Waals surface area (Å²) in [5.74, 6) is -0.777. The van der Waals surface area contributed by atoms with Crippen molar-refractivity contribution >= 4 is 34.9 Å². The van der Waals surface area contributed by atoms with E-state index in [1.54, 1.807) is 30.3 Å². The molecule has 0 atom stereocenters. The minimum absolute atomic E-state index is 0.0213. The first-order valence-electron chi connectivity index (χ1n) is 8.50. The Kier molecular flexibility index (Phi) is 5.90. The Hall–Kier alpha value is -3.39. The van der Waals surface area contributed by atoms with Crippen LogP contribution >= 0.6 is 11.6 Å². The van der Waals surface area contributed by atoms with E-state index in [2.05, 4.69) is 20.9 Å². The monoisotopic (exact) mass is 398 g/mol. The van der Waals surface area contributed by atoms with Crippen molar-refractivity contribution in [1.82, 2.24) is 20.3 Å². The van der Waals surface area contributed by atoms with E-state index < -0.39 is 5.91 Å². The number of benzene rings is 2. The van der Waals surface area contributed by atoms with Crippen LogP contribution in [0.2, 0.25) is 5.02 Å². The maximum atomic E-state index is 12.3. The molecule has 2 aromatic carbocycles. The third-order valence-electron chi connectivity index (χ3n) is 3.95. The molecule has 8 nitrogen and oxygen atoms in total. The SMILES string of the molecule is Cc1cccc(NC(=O)Cn2nnc(C(=O)NCc3ccc(Cl)cc3)c2N)c1. The minimum Gasteiger partial charge on any atom is -0.382 e. The molecule has 0 aliphatic heterocycles. The molecule has 0 saturated carbocycles. The van der Waals surface area contributed by atoms with Crippen molar-refractivity contribution in [3.63, 3.8) is 0 Å². The van der Waals surface area contributed by atoms with Crippen molar-refractivity contribution in [2.24, 2.45) is 0 Å². The van der Waals surface area contributed by atoms with Crippen LogP contribution in [0.4, 0.5) is 11.5 Å². The van der Waals surface area contributed by atoms with E-state index in [1.807, 2.05) is 25.1 Å². The highest BCUT2D eigenvalue weighted by Crippen LogP contribution is 2.12. The van der Waals surface area contributed by atoms with Gasteiger partial charge in [0.25, 0.3) is 5.91 Å². The molecule has 0 unspecified atom stereocenters. The van der Waals surface area contributed by atoms with Gasteiger partial charge in [0, 0.05) is 17.3 Å². The lowest BCUT2D eigenvalue weighted by molar-refractivity contribution is -0.116. The maximum absolute atomic E-state index is 12.3. The van der Waals surface area contributed by atoms with Gasteiger partial charge in [0.2, 0.25) is 5.91 Å². The van der Waals surface area contributed by atoms with E-state index in [9.17, 15) is 9.59 Å². The Morgan fingerprint density at radius 2 is 1.93 bits per heavy atom. The summed E-state index contributed by atoms with van der Waals surface area (Å²) in [6.07, 6.45) is 0. The number of nitrogens with one attached hydrogen (secondary N) is 2. The van der Waals surface area contributed by atoms with E-state index in [0.29, 0.717) is 10.7 Å². The zero-order valence-electron chi connectivity index (χ0n) is 15.1. The molecule has 0 aliphatic rings. The fourth-order valence-corrected chi connectivity index (χ4v) is 2.65. The number of carbonyl (C=O) groups excluding carboxylic acids is 2. The summed E-state index contributed by atoms with van der Waals surface area (Å²) in [6, 6.07) is 14.5. The number of anilines is 2. The Bertz CT molecular complexity index is 1000. The molecule has 1 aromatic heterocycles. The van der Waals surface area contributed by atoms with Crippen LogP contribution < -0.4 is 16.4 Å². The molecule has 9 heteroatoms. The third kappa shape index (κ3) is 4.86. The molecule has 0 radical (unpaired) electrons. The molecular formula is C19H19ClN6O2. The molecule has 28 heavy (non-hydrogen) atoms. The largest absolute Gasteiger partial charge is 0.382 e. The van der Waals surface area contributed by atoms with Gasteiger partial charge in [-0.05, 0) is 42.3 Å². The lowest BCUT2D eigenvalue weighted by Gasteiger charge is -2.07. The highest BCUT2D eigenvalue weighted by atomic mass is 35.5. The van der Waals surface area contributed by atoms with E-state index in [1.165, 1.54) is 4.68 Å². The van der Waals surface area contributed by atoms with Gasteiger partial charge in [0.1, 0.15) is 6.54 Å². The third-order valence-corrected chi connectivity index (χ3v) is 4.20. The number of hydrogen-bond donors (Lipinski definition) is 3. The number of amides is 2. The zero-order valence-corrected chi connectivity index (χ0v) is 15.9.